The van der Waals surface area contributed by atoms with Gasteiger partial charge in [-0.05, 0) is 31.5 Å². The maximum atomic E-state index is 13.0. The number of nitrogens with zero attached hydrogens (tertiary/aromatic N) is 4. The molecule has 0 spiro atoms. The molecule has 1 aliphatic rings. The molecule has 1 saturated heterocycles. The average Bonchev–Trinajstić information content (AvgIpc) is 3.55. The third-order valence-electron chi connectivity index (χ3n) is 5.74. The van der Waals surface area contributed by atoms with Crippen molar-refractivity contribution in [2.75, 3.05) is 16.8 Å². The van der Waals surface area contributed by atoms with Crippen LogP contribution in [0.3, 0.4) is 0 Å². The molecule has 8 nitrogen and oxygen atoms in total. The molecule has 0 bridgehead atoms. The summed E-state index contributed by atoms with van der Waals surface area (Å²) in [6.45, 7) is 4.08. The fraction of sp³-hybridized carbons (Fsp3) is 0.208. The second kappa shape index (κ2) is 9.00. The standard InChI is InChI=1S/C24H20ClN5O3S/c1-13-8-9-17(11-18(13)25)30-12-16(10-19(30)31)23-27-28-24(34-23)26-22(32)20-14(2)33-29-21(20)15-6-4-3-5-7-15/h3-9,11,16H,10,12H2,1-2H3,(H,26,28,32)/t16-/m0/s1. The van der Waals surface area contributed by atoms with Crippen molar-refractivity contribution in [2.24, 2.45) is 0 Å². The Hall–Kier alpha value is -3.56. The SMILES string of the molecule is Cc1ccc(N2C[C@@H](c3nnc(NC(=O)c4c(-c5ccccc5)noc4C)s3)CC2=O)cc1Cl. The number of aryl methyl sites for hydroxylation is 2. The zero-order valence-electron chi connectivity index (χ0n) is 18.4. The van der Waals surface area contributed by atoms with Crippen LogP contribution in [-0.2, 0) is 4.79 Å². The summed E-state index contributed by atoms with van der Waals surface area (Å²) in [6.07, 6.45) is 0.316. The number of hydrogen-bond donors (Lipinski definition) is 1. The molecule has 1 fully saturated rings. The molecule has 0 aliphatic carbocycles. The second-order valence-electron chi connectivity index (χ2n) is 8.07. The van der Waals surface area contributed by atoms with E-state index in [-0.39, 0.29) is 17.7 Å². The van der Waals surface area contributed by atoms with Gasteiger partial charge in [-0.2, -0.15) is 0 Å². The van der Waals surface area contributed by atoms with Crippen LogP contribution in [0.25, 0.3) is 11.3 Å². The lowest BCUT2D eigenvalue weighted by Crippen LogP contribution is -2.24. The van der Waals surface area contributed by atoms with E-state index in [1.807, 2.05) is 49.4 Å². The van der Waals surface area contributed by atoms with Crippen LogP contribution in [0.2, 0.25) is 5.02 Å². The van der Waals surface area contributed by atoms with Gasteiger partial charge in [-0.15, -0.1) is 10.2 Å². The highest BCUT2D eigenvalue weighted by Crippen LogP contribution is 2.36. The smallest absolute Gasteiger partial charge is 0.263 e. The Morgan fingerprint density at radius 1 is 1.18 bits per heavy atom. The van der Waals surface area contributed by atoms with Gasteiger partial charge in [0.25, 0.3) is 5.91 Å². The summed E-state index contributed by atoms with van der Waals surface area (Å²) in [6, 6.07) is 14.9. The van der Waals surface area contributed by atoms with Crippen molar-refractivity contribution >= 4 is 45.6 Å². The minimum Gasteiger partial charge on any atom is -0.360 e. The number of carbonyl (C=O) groups excluding carboxylic acids is 2. The number of carbonyl (C=O) groups is 2. The van der Waals surface area contributed by atoms with E-state index in [9.17, 15) is 9.59 Å². The molecule has 2 aromatic carbocycles. The first-order valence-electron chi connectivity index (χ1n) is 10.6. The van der Waals surface area contributed by atoms with Gasteiger partial charge in [0.15, 0.2) is 0 Å². The van der Waals surface area contributed by atoms with Crippen LogP contribution >= 0.6 is 22.9 Å². The maximum absolute atomic E-state index is 13.0. The van der Waals surface area contributed by atoms with Gasteiger partial charge in [0.2, 0.25) is 11.0 Å². The molecular weight excluding hydrogens is 474 g/mol. The lowest BCUT2D eigenvalue weighted by atomic mass is 10.1. The Kier molecular flexibility index (Phi) is 5.89. The van der Waals surface area contributed by atoms with E-state index in [0.717, 1.165) is 16.8 Å². The fourth-order valence-corrected chi connectivity index (χ4v) is 4.92. The molecule has 2 aromatic heterocycles. The van der Waals surface area contributed by atoms with Crippen LogP contribution in [0.15, 0.2) is 53.1 Å². The van der Waals surface area contributed by atoms with Gasteiger partial charge in [0, 0.05) is 35.2 Å². The highest BCUT2D eigenvalue weighted by Gasteiger charge is 2.34. The first kappa shape index (κ1) is 22.2. The Morgan fingerprint density at radius 3 is 2.74 bits per heavy atom. The van der Waals surface area contributed by atoms with Crippen LogP contribution in [0, 0.1) is 13.8 Å². The molecule has 4 aromatic rings. The van der Waals surface area contributed by atoms with Crippen molar-refractivity contribution in [1.29, 1.82) is 0 Å². The highest BCUT2D eigenvalue weighted by molar-refractivity contribution is 7.15. The summed E-state index contributed by atoms with van der Waals surface area (Å²) in [7, 11) is 0. The van der Waals surface area contributed by atoms with E-state index in [4.69, 9.17) is 16.1 Å². The van der Waals surface area contributed by atoms with Crippen LogP contribution in [-0.4, -0.2) is 33.7 Å². The molecule has 1 aliphatic heterocycles. The van der Waals surface area contributed by atoms with Crippen LogP contribution in [0.1, 0.15) is 39.0 Å². The van der Waals surface area contributed by atoms with Crippen LogP contribution < -0.4 is 10.2 Å². The van der Waals surface area contributed by atoms with E-state index >= 15 is 0 Å². The van der Waals surface area contributed by atoms with E-state index < -0.39 is 0 Å². The Morgan fingerprint density at radius 2 is 1.97 bits per heavy atom. The fourth-order valence-electron chi connectivity index (χ4n) is 3.91. The number of anilines is 2. The Balaban J connectivity index is 1.32. The topological polar surface area (TPSA) is 101 Å². The van der Waals surface area contributed by atoms with E-state index in [0.29, 0.717) is 45.1 Å². The molecule has 172 valence electrons. The van der Waals surface area contributed by atoms with Gasteiger partial charge < -0.3 is 9.42 Å². The average molecular weight is 494 g/mol. The maximum Gasteiger partial charge on any atom is 0.263 e. The van der Waals surface area contributed by atoms with Gasteiger partial charge in [-0.3, -0.25) is 14.9 Å². The summed E-state index contributed by atoms with van der Waals surface area (Å²) in [5.41, 5.74) is 3.31. The lowest BCUT2D eigenvalue weighted by molar-refractivity contribution is -0.117. The number of hydrogen-bond acceptors (Lipinski definition) is 7. The predicted octanol–water partition coefficient (Wildman–Crippen LogP) is 5.24. The monoisotopic (exact) mass is 493 g/mol. The number of nitrogens with one attached hydrogen (secondary N) is 1. The molecule has 1 N–H and O–H groups in total. The van der Waals surface area contributed by atoms with Gasteiger partial charge in [0.1, 0.15) is 22.0 Å². The quantitative estimate of drug-likeness (QED) is 0.408. The molecule has 34 heavy (non-hydrogen) atoms. The number of benzene rings is 2. The van der Waals surface area contributed by atoms with Crippen molar-refractivity contribution < 1.29 is 14.1 Å². The first-order chi connectivity index (χ1) is 16.4. The van der Waals surface area contributed by atoms with E-state index in [2.05, 4.69) is 20.7 Å². The predicted molar refractivity (Wildman–Crippen MR) is 130 cm³/mol. The molecule has 0 saturated carbocycles. The zero-order valence-corrected chi connectivity index (χ0v) is 20.0. The Bertz CT molecular complexity index is 1380. The molecule has 0 radical (unpaired) electrons. The first-order valence-corrected chi connectivity index (χ1v) is 11.8. The largest absolute Gasteiger partial charge is 0.360 e. The Labute approximate surface area is 204 Å². The summed E-state index contributed by atoms with van der Waals surface area (Å²) >= 11 is 7.50. The third kappa shape index (κ3) is 4.20. The van der Waals surface area contributed by atoms with Gasteiger partial charge in [0.05, 0.1) is 0 Å². The van der Waals surface area contributed by atoms with Gasteiger partial charge in [-0.25, -0.2) is 0 Å². The number of aromatic nitrogens is 3. The van der Waals surface area contributed by atoms with Crippen molar-refractivity contribution in [3.05, 3.63) is 75.4 Å². The highest BCUT2D eigenvalue weighted by atomic mass is 35.5. The lowest BCUT2D eigenvalue weighted by Gasteiger charge is -2.17. The van der Waals surface area contributed by atoms with Crippen molar-refractivity contribution in [3.8, 4) is 11.3 Å². The van der Waals surface area contributed by atoms with Crippen molar-refractivity contribution in [2.45, 2.75) is 26.2 Å². The van der Waals surface area contributed by atoms with Gasteiger partial charge >= 0.3 is 0 Å². The summed E-state index contributed by atoms with van der Waals surface area (Å²) in [4.78, 5) is 27.4. The number of halogens is 1. The molecule has 3 heterocycles. The molecule has 5 rings (SSSR count). The minimum atomic E-state index is -0.376. The zero-order chi connectivity index (χ0) is 23.8. The molecule has 10 heteroatoms. The summed E-state index contributed by atoms with van der Waals surface area (Å²) in [5.74, 6) is -0.0835. The molecular formula is C24H20ClN5O3S. The van der Waals surface area contributed by atoms with Crippen LogP contribution in [0.4, 0.5) is 10.8 Å². The summed E-state index contributed by atoms with van der Waals surface area (Å²) in [5, 5.41) is 16.9. The molecule has 0 unspecified atom stereocenters. The molecule has 1 atom stereocenters. The third-order valence-corrected chi connectivity index (χ3v) is 7.15. The van der Waals surface area contributed by atoms with Crippen LogP contribution in [0.5, 0.6) is 0 Å². The van der Waals surface area contributed by atoms with E-state index in [1.54, 1.807) is 17.9 Å². The number of rotatable bonds is 5. The van der Waals surface area contributed by atoms with Crippen molar-refractivity contribution in [1.82, 2.24) is 15.4 Å². The second-order valence-corrected chi connectivity index (χ2v) is 9.48. The van der Waals surface area contributed by atoms with Gasteiger partial charge in [-0.1, -0.05) is 64.5 Å². The van der Waals surface area contributed by atoms with E-state index in [1.165, 1.54) is 11.3 Å². The number of amides is 2. The minimum absolute atomic E-state index is 0.00157. The molecule has 2 amide bonds. The summed E-state index contributed by atoms with van der Waals surface area (Å²) < 4.78 is 5.28. The van der Waals surface area contributed by atoms with Crippen molar-refractivity contribution in [3.63, 3.8) is 0 Å². The normalized spacial score (nSPS) is 15.7.